The highest BCUT2D eigenvalue weighted by atomic mass is 19.1. The van der Waals surface area contributed by atoms with Gasteiger partial charge in [0.2, 0.25) is 0 Å². The number of hydrogen-bond donors (Lipinski definition) is 0. The third-order valence-electron chi connectivity index (χ3n) is 4.41. The number of fused-ring (bicyclic) bond motifs is 1. The minimum atomic E-state index is -0.297. The van der Waals surface area contributed by atoms with Crippen molar-refractivity contribution < 1.29 is 9.13 Å². The third-order valence-corrected chi connectivity index (χ3v) is 4.41. The molecular weight excluding hydrogens is 355 g/mol. The van der Waals surface area contributed by atoms with Crippen LogP contribution in [0.3, 0.4) is 0 Å². The first-order chi connectivity index (χ1) is 13.7. The van der Waals surface area contributed by atoms with Gasteiger partial charge in [-0.1, -0.05) is 36.4 Å². The summed E-state index contributed by atoms with van der Waals surface area (Å²) in [7, 11) is 1.58. The summed E-state index contributed by atoms with van der Waals surface area (Å²) >= 11 is 0. The number of rotatable bonds is 4. The van der Waals surface area contributed by atoms with E-state index in [1.807, 2.05) is 36.4 Å². The second-order valence-corrected chi connectivity index (χ2v) is 6.21. The lowest BCUT2D eigenvalue weighted by Crippen LogP contribution is -2.22. The van der Waals surface area contributed by atoms with Crippen molar-refractivity contribution >= 4 is 23.1 Å². The molecule has 0 aliphatic carbocycles. The Morgan fingerprint density at radius 3 is 2.54 bits per heavy atom. The maximum Gasteiger partial charge on any atom is 0.266 e. The van der Waals surface area contributed by atoms with E-state index in [1.54, 1.807) is 48.1 Å². The fraction of sp³-hybridized carbons (Fsp3) is 0.0435. The van der Waals surface area contributed by atoms with E-state index in [0.717, 1.165) is 5.56 Å². The van der Waals surface area contributed by atoms with Gasteiger partial charge in [0.05, 0.1) is 23.7 Å². The average Bonchev–Trinajstić information content (AvgIpc) is 2.73. The highest BCUT2D eigenvalue weighted by molar-refractivity contribution is 5.80. The lowest BCUT2D eigenvalue weighted by Gasteiger charge is -2.12. The van der Waals surface area contributed by atoms with Crippen molar-refractivity contribution in [2.24, 2.45) is 0 Å². The van der Waals surface area contributed by atoms with Gasteiger partial charge < -0.3 is 4.74 Å². The molecule has 0 spiro atoms. The molecule has 1 heterocycles. The van der Waals surface area contributed by atoms with Crippen LogP contribution in [0.1, 0.15) is 11.4 Å². The van der Waals surface area contributed by atoms with E-state index in [-0.39, 0.29) is 11.4 Å². The molecule has 0 N–H and O–H groups in total. The first-order valence-electron chi connectivity index (χ1n) is 8.75. The largest absolute Gasteiger partial charge is 0.497 e. The van der Waals surface area contributed by atoms with Crippen LogP contribution in [0.4, 0.5) is 4.39 Å². The van der Waals surface area contributed by atoms with E-state index in [4.69, 9.17) is 4.74 Å². The molecule has 0 atom stereocenters. The molecule has 4 rings (SSSR count). The van der Waals surface area contributed by atoms with Gasteiger partial charge >= 0.3 is 0 Å². The smallest absolute Gasteiger partial charge is 0.266 e. The zero-order valence-corrected chi connectivity index (χ0v) is 15.2. The average molecular weight is 372 g/mol. The van der Waals surface area contributed by atoms with Crippen LogP contribution in [0.2, 0.25) is 0 Å². The van der Waals surface area contributed by atoms with Crippen molar-refractivity contribution in [3.8, 4) is 11.4 Å². The Morgan fingerprint density at radius 1 is 0.964 bits per heavy atom. The molecule has 0 saturated carbocycles. The molecule has 0 unspecified atom stereocenters. The number of hydrogen-bond acceptors (Lipinski definition) is 3. The van der Waals surface area contributed by atoms with Gasteiger partial charge in [0.25, 0.3) is 5.56 Å². The predicted molar refractivity (Wildman–Crippen MR) is 109 cm³/mol. The standard InChI is InChI=1S/C23H17FN2O2/c1-28-19-6-4-5-18(15-19)26-22(14-11-16-9-12-17(24)13-10-16)25-21-8-3-2-7-20(21)23(26)27/h2-15H,1H3/b14-11+. The molecule has 4 aromatic rings. The summed E-state index contributed by atoms with van der Waals surface area (Å²) in [5, 5.41) is 0.532. The fourth-order valence-corrected chi connectivity index (χ4v) is 3.01. The number of benzene rings is 3. The van der Waals surface area contributed by atoms with E-state index >= 15 is 0 Å². The first kappa shape index (κ1) is 17.7. The predicted octanol–water partition coefficient (Wildman–Crippen LogP) is 4.70. The highest BCUT2D eigenvalue weighted by Gasteiger charge is 2.11. The van der Waals surface area contributed by atoms with Crippen LogP contribution in [0, 0.1) is 5.82 Å². The molecule has 0 fully saturated rings. The Kier molecular flexibility index (Phi) is 4.72. The van der Waals surface area contributed by atoms with Gasteiger partial charge in [-0.25, -0.2) is 9.37 Å². The molecule has 5 heteroatoms. The van der Waals surface area contributed by atoms with Crippen LogP contribution in [0.5, 0.6) is 5.75 Å². The van der Waals surface area contributed by atoms with Crippen molar-refractivity contribution in [2.75, 3.05) is 7.11 Å². The van der Waals surface area contributed by atoms with E-state index in [2.05, 4.69) is 4.98 Å². The summed E-state index contributed by atoms with van der Waals surface area (Å²) in [5.41, 5.74) is 1.91. The highest BCUT2D eigenvalue weighted by Crippen LogP contribution is 2.19. The molecule has 3 aromatic carbocycles. The van der Waals surface area contributed by atoms with Crippen molar-refractivity contribution in [3.63, 3.8) is 0 Å². The number of aromatic nitrogens is 2. The maximum absolute atomic E-state index is 13.2. The van der Waals surface area contributed by atoms with E-state index in [1.165, 1.54) is 12.1 Å². The number of para-hydroxylation sites is 1. The molecule has 0 aliphatic rings. The summed E-state index contributed by atoms with van der Waals surface area (Å²) < 4.78 is 20.0. The van der Waals surface area contributed by atoms with Crippen LogP contribution >= 0.6 is 0 Å². The Hall–Kier alpha value is -3.73. The molecule has 0 bridgehead atoms. The first-order valence-corrected chi connectivity index (χ1v) is 8.75. The Morgan fingerprint density at radius 2 is 1.75 bits per heavy atom. The van der Waals surface area contributed by atoms with Gasteiger partial charge in [0, 0.05) is 6.07 Å². The van der Waals surface area contributed by atoms with Crippen LogP contribution in [-0.2, 0) is 0 Å². The molecule has 0 aliphatic heterocycles. The normalized spacial score (nSPS) is 11.2. The topological polar surface area (TPSA) is 44.1 Å². The maximum atomic E-state index is 13.2. The van der Waals surface area contributed by atoms with Gasteiger partial charge in [0.15, 0.2) is 0 Å². The van der Waals surface area contributed by atoms with Gasteiger partial charge in [-0.3, -0.25) is 9.36 Å². The Labute approximate surface area is 161 Å². The minimum absolute atomic E-state index is 0.169. The van der Waals surface area contributed by atoms with E-state index < -0.39 is 0 Å². The van der Waals surface area contributed by atoms with Crippen molar-refractivity contribution in [1.82, 2.24) is 9.55 Å². The van der Waals surface area contributed by atoms with E-state index in [9.17, 15) is 9.18 Å². The quantitative estimate of drug-likeness (QED) is 0.521. The third kappa shape index (κ3) is 3.42. The van der Waals surface area contributed by atoms with Gasteiger partial charge in [0.1, 0.15) is 17.4 Å². The molecule has 28 heavy (non-hydrogen) atoms. The molecule has 0 radical (unpaired) electrons. The van der Waals surface area contributed by atoms with Gasteiger partial charge in [-0.05, 0) is 48.0 Å². The van der Waals surface area contributed by atoms with Crippen LogP contribution in [-0.4, -0.2) is 16.7 Å². The minimum Gasteiger partial charge on any atom is -0.497 e. The SMILES string of the molecule is COc1cccc(-n2c(/C=C/c3ccc(F)cc3)nc3ccccc3c2=O)c1. The van der Waals surface area contributed by atoms with Crippen LogP contribution in [0.25, 0.3) is 28.7 Å². The second-order valence-electron chi connectivity index (χ2n) is 6.21. The lowest BCUT2D eigenvalue weighted by atomic mass is 10.2. The van der Waals surface area contributed by atoms with Crippen LogP contribution in [0.15, 0.2) is 77.6 Å². The zero-order chi connectivity index (χ0) is 19.5. The summed E-state index contributed by atoms with van der Waals surface area (Å²) in [4.78, 5) is 17.9. The summed E-state index contributed by atoms with van der Waals surface area (Å²) in [6, 6.07) is 20.6. The number of nitrogens with zero attached hydrogens (tertiary/aromatic N) is 2. The summed E-state index contributed by atoms with van der Waals surface area (Å²) in [6.07, 6.45) is 3.55. The van der Waals surface area contributed by atoms with Crippen LogP contribution < -0.4 is 10.3 Å². The Balaban J connectivity index is 1.92. The van der Waals surface area contributed by atoms with Crippen molar-refractivity contribution in [2.45, 2.75) is 0 Å². The second kappa shape index (κ2) is 7.48. The lowest BCUT2D eigenvalue weighted by molar-refractivity contribution is 0.414. The Bertz CT molecular complexity index is 1230. The van der Waals surface area contributed by atoms with Crippen molar-refractivity contribution in [3.05, 3.63) is 100 Å². The summed E-state index contributed by atoms with van der Waals surface area (Å²) in [6.45, 7) is 0. The monoisotopic (exact) mass is 372 g/mol. The molecule has 0 saturated heterocycles. The number of halogens is 1. The molecule has 138 valence electrons. The summed E-state index contributed by atoms with van der Waals surface area (Å²) in [5.74, 6) is 0.821. The molecule has 4 nitrogen and oxygen atoms in total. The van der Waals surface area contributed by atoms with E-state index in [0.29, 0.717) is 28.2 Å². The molecule has 0 amide bonds. The zero-order valence-electron chi connectivity index (χ0n) is 15.2. The molecular formula is C23H17FN2O2. The fourth-order valence-electron chi connectivity index (χ4n) is 3.01. The van der Waals surface area contributed by atoms with Crippen molar-refractivity contribution in [1.29, 1.82) is 0 Å². The number of ether oxygens (including phenoxy) is 1. The van der Waals surface area contributed by atoms with Gasteiger partial charge in [-0.2, -0.15) is 0 Å². The molecule has 1 aromatic heterocycles. The van der Waals surface area contributed by atoms with Gasteiger partial charge in [-0.15, -0.1) is 0 Å². The number of methoxy groups -OCH3 is 1.